The predicted octanol–water partition coefficient (Wildman–Crippen LogP) is 3.74. The van der Waals surface area contributed by atoms with Crippen molar-refractivity contribution in [1.29, 1.82) is 0 Å². The lowest BCUT2D eigenvalue weighted by Crippen LogP contribution is -2.16. The molecule has 0 bridgehead atoms. The first-order valence-corrected chi connectivity index (χ1v) is 7.76. The van der Waals surface area contributed by atoms with E-state index in [0.29, 0.717) is 0 Å². The summed E-state index contributed by atoms with van der Waals surface area (Å²) in [5.74, 6) is 0. The van der Waals surface area contributed by atoms with Crippen molar-refractivity contribution < 1.29 is 0 Å². The number of benzene rings is 1. The van der Waals surface area contributed by atoms with Gasteiger partial charge in [-0.2, -0.15) is 5.10 Å². The van der Waals surface area contributed by atoms with Gasteiger partial charge in [-0.3, -0.25) is 5.10 Å². The number of hydrogen-bond donors (Lipinski definition) is 2. The highest BCUT2D eigenvalue weighted by Crippen LogP contribution is 2.22. The summed E-state index contributed by atoms with van der Waals surface area (Å²) in [6, 6.07) is 8.94. The lowest BCUT2D eigenvalue weighted by Gasteiger charge is -2.19. The Bertz CT molecular complexity index is 547. The highest BCUT2D eigenvalue weighted by atomic mass is 15.1. The van der Waals surface area contributed by atoms with Crippen molar-refractivity contribution >= 4 is 0 Å². The van der Waals surface area contributed by atoms with Crippen LogP contribution in [0.2, 0.25) is 0 Å². The Labute approximate surface area is 128 Å². The Kier molecular flexibility index (Phi) is 5.18. The minimum atomic E-state index is 0.231. The Morgan fingerprint density at radius 3 is 2.43 bits per heavy atom. The molecule has 3 heteroatoms. The van der Waals surface area contributed by atoms with E-state index in [1.807, 2.05) is 6.20 Å². The lowest BCUT2D eigenvalue weighted by molar-refractivity contribution is 0.589. The Morgan fingerprint density at radius 1 is 1.14 bits per heavy atom. The first-order valence-electron chi connectivity index (χ1n) is 7.76. The Hall–Kier alpha value is -1.61. The minimum absolute atomic E-state index is 0.231. The van der Waals surface area contributed by atoms with Crippen molar-refractivity contribution in [3.63, 3.8) is 0 Å². The predicted molar refractivity (Wildman–Crippen MR) is 88.5 cm³/mol. The maximum atomic E-state index is 4.05. The van der Waals surface area contributed by atoms with Crippen molar-refractivity contribution in [3.8, 4) is 0 Å². The van der Waals surface area contributed by atoms with Crippen LogP contribution in [0.25, 0.3) is 0 Å². The van der Waals surface area contributed by atoms with Crippen LogP contribution in [0.15, 0.2) is 30.5 Å². The van der Waals surface area contributed by atoms with Crippen LogP contribution in [0.5, 0.6) is 0 Å². The maximum Gasteiger partial charge on any atom is 0.0522 e. The zero-order valence-corrected chi connectivity index (χ0v) is 13.7. The SMILES string of the molecule is Cc1[nH]ncc1CCCNCc1ccc(C(C)(C)C)cc1. The fraction of sp³-hybridized carbons (Fsp3) is 0.500. The van der Waals surface area contributed by atoms with Crippen molar-refractivity contribution in [2.24, 2.45) is 0 Å². The Balaban J connectivity index is 1.70. The van der Waals surface area contributed by atoms with E-state index in [2.05, 4.69) is 67.5 Å². The summed E-state index contributed by atoms with van der Waals surface area (Å²) in [7, 11) is 0. The summed E-state index contributed by atoms with van der Waals surface area (Å²) in [5, 5.41) is 10.5. The van der Waals surface area contributed by atoms with Gasteiger partial charge in [0.1, 0.15) is 0 Å². The van der Waals surface area contributed by atoms with Gasteiger partial charge in [0.15, 0.2) is 0 Å². The van der Waals surface area contributed by atoms with Gasteiger partial charge in [-0.05, 0) is 48.4 Å². The number of aromatic amines is 1. The molecule has 0 unspecified atom stereocenters. The van der Waals surface area contributed by atoms with Gasteiger partial charge in [0.25, 0.3) is 0 Å². The monoisotopic (exact) mass is 285 g/mol. The van der Waals surface area contributed by atoms with Crippen LogP contribution in [0, 0.1) is 6.92 Å². The van der Waals surface area contributed by atoms with Gasteiger partial charge in [0.05, 0.1) is 6.20 Å². The Morgan fingerprint density at radius 2 is 1.86 bits per heavy atom. The summed E-state index contributed by atoms with van der Waals surface area (Å²) in [6.07, 6.45) is 4.15. The van der Waals surface area contributed by atoms with E-state index in [1.165, 1.54) is 22.4 Å². The average Bonchev–Trinajstić information content (AvgIpc) is 2.84. The molecular formula is C18H27N3. The lowest BCUT2D eigenvalue weighted by atomic mass is 9.87. The molecule has 0 saturated heterocycles. The largest absolute Gasteiger partial charge is 0.313 e. The summed E-state index contributed by atoms with van der Waals surface area (Å²) in [4.78, 5) is 0. The first kappa shape index (κ1) is 15.8. The molecule has 1 heterocycles. The van der Waals surface area contributed by atoms with Crippen LogP contribution in [-0.2, 0) is 18.4 Å². The van der Waals surface area contributed by atoms with Crippen LogP contribution < -0.4 is 5.32 Å². The molecule has 0 aliphatic carbocycles. The fourth-order valence-corrected chi connectivity index (χ4v) is 2.39. The molecule has 3 nitrogen and oxygen atoms in total. The van der Waals surface area contributed by atoms with Gasteiger partial charge < -0.3 is 5.32 Å². The van der Waals surface area contributed by atoms with Crippen molar-refractivity contribution in [2.75, 3.05) is 6.54 Å². The highest BCUT2D eigenvalue weighted by Gasteiger charge is 2.12. The second-order valence-corrected chi connectivity index (χ2v) is 6.75. The first-order chi connectivity index (χ1) is 9.97. The molecule has 2 N–H and O–H groups in total. The quantitative estimate of drug-likeness (QED) is 0.794. The standard InChI is InChI=1S/C18H27N3/c1-14-16(13-20-21-14)6-5-11-19-12-15-7-9-17(10-8-15)18(2,3)4/h7-10,13,19H,5-6,11-12H2,1-4H3,(H,20,21). The molecule has 0 spiro atoms. The van der Waals surface area contributed by atoms with Crippen LogP contribution in [0.1, 0.15) is 49.6 Å². The summed E-state index contributed by atoms with van der Waals surface area (Å²) in [5.41, 5.74) is 5.48. The second kappa shape index (κ2) is 6.90. The third kappa shape index (κ3) is 4.71. The van der Waals surface area contributed by atoms with Crippen molar-refractivity contribution in [1.82, 2.24) is 15.5 Å². The molecule has 0 amide bonds. The van der Waals surface area contributed by atoms with Crippen LogP contribution in [0.3, 0.4) is 0 Å². The number of hydrogen-bond acceptors (Lipinski definition) is 2. The average molecular weight is 285 g/mol. The van der Waals surface area contributed by atoms with E-state index in [-0.39, 0.29) is 5.41 Å². The summed E-state index contributed by atoms with van der Waals surface area (Å²) in [6.45, 7) is 10.8. The highest BCUT2D eigenvalue weighted by molar-refractivity contribution is 5.27. The number of nitrogens with zero attached hydrogens (tertiary/aromatic N) is 1. The van der Waals surface area contributed by atoms with E-state index in [9.17, 15) is 0 Å². The van der Waals surface area contributed by atoms with Crippen LogP contribution >= 0.6 is 0 Å². The zero-order valence-electron chi connectivity index (χ0n) is 13.7. The topological polar surface area (TPSA) is 40.7 Å². The van der Waals surface area contributed by atoms with E-state index in [4.69, 9.17) is 0 Å². The molecule has 0 radical (unpaired) electrons. The molecule has 0 fully saturated rings. The number of rotatable bonds is 6. The van der Waals surface area contributed by atoms with Gasteiger partial charge in [0, 0.05) is 12.2 Å². The number of aromatic nitrogens is 2. The van der Waals surface area contributed by atoms with Crippen molar-refractivity contribution in [3.05, 3.63) is 52.8 Å². The molecule has 1 aromatic carbocycles. The minimum Gasteiger partial charge on any atom is -0.313 e. The molecule has 0 aliphatic rings. The number of aryl methyl sites for hydroxylation is 2. The summed E-state index contributed by atoms with van der Waals surface area (Å²) >= 11 is 0. The molecule has 0 atom stereocenters. The zero-order chi connectivity index (χ0) is 15.3. The van der Waals surface area contributed by atoms with E-state index in [1.54, 1.807) is 0 Å². The maximum absolute atomic E-state index is 4.05. The second-order valence-electron chi connectivity index (χ2n) is 6.75. The van der Waals surface area contributed by atoms with Gasteiger partial charge in [-0.15, -0.1) is 0 Å². The van der Waals surface area contributed by atoms with Crippen LogP contribution in [-0.4, -0.2) is 16.7 Å². The third-order valence-corrected chi connectivity index (χ3v) is 3.88. The van der Waals surface area contributed by atoms with Crippen molar-refractivity contribution in [2.45, 2.75) is 52.5 Å². The van der Waals surface area contributed by atoms with Gasteiger partial charge in [-0.25, -0.2) is 0 Å². The normalized spacial score (nSPS) is 11.8. The molecule has 114 valence electrons. The molecule has 21 heavy (non-hydrogen) atoms. The molecule has 1 aromatic heterocycles. The molecule has 2 aromatic rings. The van der Waals surface area contributed by atoms with Crippen LogP contribution in [0.4, 0.5) is 0 Å². The van der Waals surface area contributed by atoms with Gasteiger partial charge in [-0.1, -0.05) is 45.0 Å². The molecule has 2 rings (SSSR count). The third-order valence-electron chi connectivity index (χ3n) is 3.88. The molecular weight excluding hydrogens is 258 g/mol. The summed E-state index contributed by atoms with van der Waals surface area (Å²) < 4.78 is 0. The van der Waals surface area contributed by atoms with E-state index < -0.39 is 0 Å². The van der Waals surface area contributed by atoms with Gasteiger partial charge in [0.2, 0.25) is 0 Å². The van der Waals surface area contributed by atoms with E-state index in [0.717, 1.165) is 25.9 Å². The molecule has 0 saturated carbocycles. The number of nitrogens with one attached hydrogen (secondary N) is 2. The number of H-pyrrole nitrogens is 1. The molecule has 0 aliphatic heterocycles. The smallest absolute Gasteiger partial charge is 0.0522 e. The fourth-order valence-electron chi connectivity index (χ4n) is 2.39. The van der Waals surface area contributed by atoms with E-state index >= 15 is 0 Å². The van der Waals surface area contributed by atoms with Gasteiger partial charge >= 0.3 is 0 Å².